The highest BCUT2D eigenvalue weighted by Gasteiger charge is 2.29. The van der Waals surface area contributed by atoms with Gasteiger partial charge in [-0.1, -0.05) is 13.0 Å². The number of carbonyl (C=O) groups is 1. The van der Waals surface area contributed by atoms with E-state index in [4.69, 9.17) is 0 Å². The number of anilines is 1. The van der Waals surface area contributed by atoms with E-state index in [-0.39, 0.29) is 23.1 Å². The summed E-state index contributed by atoms with van der Waals surface area (Å²) in [7, 11) is 1.80. The summed E-state index contributed by atoms with van der Waals surface area (Å²) in [5, 5.41) is 13.9. The van der Waals surface area contributed by atoms with Gasteiger partial charge in [0.1, 0.15) is 0 Å². The number of hydrogen-bond donors (Lipinski definition) is 1. The number of carbonyl (C=O) groups excluding carboxylic acids is 1. The van der Waals surface area contributed by atoms with E-state index in [2.05, 4.69) is 5.32 Å². The molecule has 0 heterocycles. The molecule has 1 aliphatic carbocycles. The third-order valence-corrected chi connectivity index (χ3v) is 3.59. The Balaban J connectivity index is 2.00. The molecule has 1 fully saturated rings. The van der Waals surface area contributed by atoms with Crippen molar-refractivity contribution in [2.24, 2.45) is 0 Å². The smallest absolute Gasteiger partial charge is 0.274 e. The van der Waals surface area contributed by atoms with Gasteiger partial charge in [0.15, 0.2) is 0 Å². The second kappa shape index (κ2) is 5.90. The van der Waals surface area contributed by atoms with E-state index in [1.54, 1.807) is 24.1 Å². The van der Waals surface area contributed by atoms with E-state index in [1.165, 1.54) is 6.07 Å². The maximum Gasteiger partial charge on any atom is 0.274 e. The van der Waals surface area contributed by atoms with Gasteiger partial charge >= 0.3 is 0 Å². The first-order valence-corrected chi connectivity index (χ1v) is 6.79. The van der Waals surface area contributed by atoms with Gasteiger partial charge in [0, 0.05) is 30.4 Å². The van der Waals surface area contributed by atoms with Gasteiger partial charge in [-0.2, -0.15) is 0 Å². The summed E-state index contributed by atoms with van der Waals surface area (Å²) in [6, 6.07) is 5.37. The fourth-order valence-corrected chi connectivity index (χ4v) is 2.11. The van der Waals surface area contributed by atoms with Crippen LogP contribution in [0.2, 0.25) is 0 Å². The molecule has 0 saturated heterocycles. The molecule has 108 valence electrons. The lowest BCUT2D eigenvalue weighted by Crippen LogP contribution is -2.33. The first-order valence-electron chi connectivity index (χ1n) is 6.79. The summed E-state index contributed by atoms with van der Waals surface area (Å²) >= 11 is 0. The number of rotatable bonds is 6. The molecule has 20 heavy (non-hydrogen) atoms. The first-order chi connectivity index (χ1) is 9.52. The third kappa shape index (κ3) is 3.26. The molecule has 1 aromatic carbocycles. The number of likely N-dealkylation sites (N-methyl/N-ethyl adjacent to an activating group) is 1. The molecule has 2 rings (SSSR count). The second-order valence-electron chi connectivity index (χ2n) is 5.04. The van der Waals surface area contributed by atoms with E-state index < -0.39 is 0 Å². The molecule has 1 aromatic rings. The Kier molecular flexibility index (Phi) is 4.22. The van der Waals surface area contributed by atoms with Gasteiger partial charge < -0.3 is 10.2 Å². The van der Waals surface area contributed by atoms with Gasteiger partial charge in [-0.3, -0.25) is 14.9 Å². The Labute approximate surface area is 117 Å². The summed E-state index contributed by atoms with van der Waals surface area (Å²) in [5.41, 5.74) is 1.40. The summed E-state index contributed by atoms with van der Waals surface area (Å²) in [6.07, 6.45) is 2.75. The van der Waals surface area contributed by atoms with Crippen LogP contribution in [0.4, 0.5) is 11.4 Å². The van der Waals surface area contributed by atoms with Crippen LogP contribution in [0.1, 0.15) is 25.3 Å². The molecule has 0 bridgehead atoms. The van der Waals surface area contributed by atoms with Crippen LogP contribution < -0.4 is 5.32 Å². The number of amides is 1. The van der Waals surface area contributed by atoms with Crippen molar-refractivity contribution in [3.8, 4) is 0 Å². The van der Waals surface area contributed by atoms with Gasteiger partial charge in [0.2, 0.25) is 5.91 Å². The fourth-order valence-electron chi connectivity index (χ4n) is 2.11. The molecular formula is C14H19N3O3. The van der Waals surface area contributed by atoms with Crippen LogP contribution >= 0.6 is 0 Å². The van der Waals surface area contributed by atoms with Crippen molar-refractivity contribution in [2.45, 2.75) is 32.2 Å². The third-order valence-electron chi connectivity index (χ3n) is 3.59. The Hall–Kier alpha value is -2.11. The molecule has 1 saturated carbocycles. The minimum Gasteiger partial charge on any atom is -0.376 e. The van der Waals surface area contributed by atoms with Crippen molar-refractivity contribution in [1.29, 1.82) is 0 Å². The molecule has 1 aliphatic rings. The highest BCUT2D eigenvalue weighted by atomic mass is 16.6. The van der Waals surface area contributed by atoms with E-state index in [0.29, 0.717) is 23.7 Å². The average molecular weight is 277 g/mol. The van der Waals surface area contributed by atoms with E-state index in [1.807, 2.05) is 6.92 Å². The highest BCUT2D eigenvalue weighted by molar-refractivity contribution is 5.81. The van der Waals surface area contributed by atoms with Crippen molar-refractivity contribution < 1.29 is 9.72 Å². The minimum absolute atomic E-state index is 0.00900. The molecule has 0 atom stereocenters. The van der Waals surface area contributed by atoms with Crippen LogP contribution in [0.15, 0.2) is 18.2 Å². The zero-order valence-electron chi connectivity index (χ0n) is 11.8. The van der Waals surface area contributed by atoms with E-state index in [9.17, 15) is 14.9 Å². The lowest BCUT2D eigenvalue weighted by atomic mass is 10.1. The number of nitro benzene ring substituents is 1. The Morgan fingerprint density at radius 2 is 2.20 bits per heavy atom. The molecule has 0 aliphatic heterocycles. The normalized spacial score (nSPS) is 13.9. The quantitative estimate of drug-likeness (QED) is 0.639. The molecule has 1 amide bonds. The molecule has 0 aromatic heterocycles. The van der Waals surface area contributed by atoms with Crippen LogP contribution in [-0.2, 0) is 11.2 Å². The van der Waals surface area contributed by atoms with Gasteiger partial charge in [0.25, 0.3) is 5.69 Å². The molecule has 6 heteroatoms. The Bertz CT molecular complexity index is 526. The van der Waals surface area contributed by atoms with Gasteiger partial charge in [-0.25, -0.2) is 0 Å². The van der Waals surface area contributed by atoms with Gasteiger partial charge in [-0.05, 0) is 25.3 Å². The summed E-state index contributed by atoms with van der Waals surface area (Å²) < 4.78 is 0. The monoisotopic (exact) mass is 277 g/mol. The SMILES string of the molecule is CCc1ccc(NCC(=O)N(C)C2CC2)cc1[N+](=O)[O-]. The predicted molar refractivity (Wildman–Crippen MR) is 76.8 cm³/mol. The van der Waals surface area contributed by atoms with Gasteiger partial charge in [0.05, 0.1) is 11.5 Å². The Morgan fingerprint density at radius 1 is 1.50 bits per heavy atom. The molecule has 0 radical (unpaired) electrons. The van der Waals surface area contributed by atoms with Gasteiger partial charge in [-0.15, -0.1) is 0 Å². The first kappa shape index (κ1) is 14.3. The van der Waals surface area contributed by atoms with Crippen molar-refractivity contribution in [3.05, 3.63) is 33.9 Å². The standard InChI is InChI=1S/C14H19N3O3/c1-3-10-4-5-11(8-13(10)17(19)20)15-9-14(18)16(2)12-6-7-12/h4-5,8,12,15H,3,6-7,9H2,1-2H3. The number of aryl methyl sites for hydroxylation is 1. The number of nitrogens with zero attached hydrogens (tertiary/aromatic N) is 2. The molecule has 0 spiro atoms. The number of nitrogens with one attached hydrogen (secondary N) is 1. The molecular weight excluding hydrogens is 258 g/mol. The van der Waals surface area contributed by atoms with Crippen molar-refractivity contribution >= 4 is 17.3 Å². The van der Waals surface area contributed by atoms with Crippen molar-refractivity contribution in [3.63, 3.8) is 0 Å². The van der Waals surface area contributed by atoms with Crippen LogP contribution in [0.3, 0.4) is 0 Å². The maximum atomic E-state index is 11.9. The Morgan fingerprint density at radius 3 is 2.75 bits per heavy atom. The summed E-state index contributed by atoms with van der Waals surface area (Å²) in [5.74, 6) is 0.00900. The molecule has 1 N–H and O–H groups in total. The zero-order chi connectivity index (χ0) is 14.7. The summed E-state index contributed by atoms with van der Waals surface area (Å²) in [6.45, 7) is 2.04. The lowest BCUT2D eigenvalue weighted by molar-refractivity contribution is -0.385. The van der Waals surface area contributed by atoms with Crippen LogP contribution in [-0.4, -0.2) is 35.4 Å². The molecule has 6 nitrogen and oxygen atoms in total. The van der Waals surface area contributed by atoms with Crippen molar-refractivity contribution in [2.75, 3.05) is 18.9 Å². The maximum absolute atomic E-state index is 11.9. The largest absolute Gasteiger partial charge is 0.376 e. The zero-order valence-corrected chi connectivity index (χ0v) is 11.8. The minimum atomic E-state index is -0.387. The lowest BCUT2D eigenvalue weighted by Gasteiger charge is -2.17. The highest BCUT2D eigenvalue weighted by Crippen LogP contribution is 2.26. The molecule has 0 unspecified atom stereocenters. The summed E-state index contributed by atoms with van der Waals surface area (Å²) in [4.78, 5) is 24.2. The van der Waals surface area contributed by atoms with Crippen molar-refractivity contribution in [1.82, 2.24) is 4.90 Å². The number of hydrogen-bond acceptors (Lipinski definition) is 4. The van der Waals surface area contributed by atoms with Crippen LogP contribution in [0.25, 0.3) is 0 Å². The fraction of sp³-hybridized carbons (Fsp3) is 0.500. The second-order valence-corrected chi connectivity index (χ2v) is 5.04. The number of benzene rings is 1. The van der Waals surface area contributed by atoms with Crippen LogP contribution in [0, 0.1) is 10.1 Å². The number of nitro groups is 1. The predicted octanol–water partition coefficient (Wildman–Crippen LogP) is 2.19. The van der Waals surface area contributed by atoms with Crippen LogP contribution in [0.5, 0.6) is 0 Å². The average Bonchev–Trinajstić information content (AvgIpc) is 3.28. The topological polar surface area (TPSA) is 75.5 Å². The van der Waals surface area contributed by atoms with E-state index >= 15 is 0 Å². The van der Waals surface area contributed by atoms with E-state index in [0.717, 1.165) is 12.8 Å².